The van der Waals surface area contributed by atoms with E-state index in [9.17, 15) is 5.11 Å². The number of rotatable bonds is 3. The van der Waals surface area contributed by atoms with Crippen LogP contribution in [0.2, 0.25) is 0 Å². The number of hydrogen-bond donors (Lipinski definition) is 1. The first-order chi connectivity index (χ1) is 4.09. The molecule has 0 aromatic rings. The third-order valence-corrected chi connectivity index (χ3v) is 1.65. The third kappa shape index (κ3) is 2.82. The highest BCUT2D eigenvalue weighted by molar-refractivity contribution is 4.58. The van der Waals surface area contributed by atoms with E-state index in [-0.39, 0.29) is 6.23 Å². The van der Waals surface area contributed by atoms with E-state index >= 15 is 0 Å². The highest BCUT2D eigenvalue weighted by Crippen LogP contribution is 2.01. The van der Waals surface area contributed by atoms with Crippen LogP contribution in [-0.4, -0.2) is 29.3 Å². The van der Waals surface area contributed by atoms with Gasteiger partial charge in [0.1, 0.15) is 6.23 Å². The van der Waals surface area contributed by atoms with Crippen LogP contribution in [0.4, 0.5) is 0 Å². The zero-order valence-corrected chi connectivity index (χ0v) is 6.76. The molecule has 1 N–H and O–H groups in total. The van der Waals surface area contributed by atoms with E-state index in [1.54, 1.807) is 0 Å². The van der Waals surface area contributed by atoms with Gasteiger partial charge in [0.15, 0.2) is 0 Å². The van der Waals surface area contributed by atoms with Gasteiger partial charge in [0.2, 0.25) is 0 Å². The van der Waals surface area contributed by atoms with E-state index in [1.807, 2.05) is 18.9 Å². The molecule has 0 fully saturated rings. The molecule has 2 heteroatoms. The standard InChI is InChI=1S/C7H17NO/c1-5-7(9)8(4)6(2)3/h6-7,9H,5H2,1-4H3. The Morgan fingerprint density at radius 3 is 2.00 bits per heavy atom. The maximum atomic E-state index is 9.22. The fourth-order valence-electron chi connectivity index (χ4n) is 0.632. The lowest BCUT2D eigenvalue weighted by molar-refractivity contribution is 0.000648. The summed E-state index contributed by atoms with van der Waals surface area (Å²) < 4.78 is 0. The Morgan fingerprint density at radius 2 is 1.89 bits per heavy atom. The Kier molecular flexibility index (Phi) is 3.82. The smallest absolute Gasteiger partial charge is 0.107 e. The van der Waals surface area contributed by atoms with Gasteiger partial charge in [-0.3, -0.25) is 4.90 Å². The van der Waals surface area contributed by atoms with Gasteiger partial charge in [-0.15, -0.1) is 0 Å². The van der Waals surface area contributed by atoms with Gasteiger partial charge >= 0.3 is 0 Å². The second-order valence-electron chi connectivity index (χ2n) is 2.65. The summed E-state index contributed by atoms with van der Waals surface area (Å²) in [5.41, 5.74) is 0. The fourth-order valence-corrected chi connectivity index (χ4v) is 0.632. The zero-order valence-electron chi connectivity index (χ0n) is 6.76. The second-order valence-corrected chi connectivity index (χ2v) is 2.65. The molecule has 9 heavy (non-hydrogen) atoms. The number of hydrogen-bond acceptors (Lipinski definition) is 2. The normalized spacial score (nSPS) is 15.0. The van der Waals surface area contributed by atoms with Gasteiger partial charge in [0.05, 0.1) is 0 Å². The molecule has 0 spiro atoms. The lowest BCUT2D eigenvalue weighted by atomic mass is 10.3. The minimum atomic E-state index is -0.273. The van der Waals surface area contributed by atoms with Crippen molar-refractivity contribution in [2.75, 3.05) is 7.05 Å². The van der Waals surface area contributed by atoms with Crippen LogP contribution in [0, 0.1) is 0 Å². The fraction of sp³-hybridized carbons (Fsp3) is 1.00. The van der Waals surface area contributed by atoms with E-state index in [0.717, 1.165) is 6.42 Å². The first-order valence-corrected chi connectivity index (χ1v) is 3.49. The van der Waals surface area contributed by atoms with E-state index in [0.29, 0.717) is 6.04 Å². The molecule has 0 aliphatic rings. The molecule has 0 heterocycles. The molecule has 2 nitrogen and oxygen atoms in total. The average molecular weight is 131 g/mol. The second kappa shape index (κ2) is 3.85. The molecular weight excluding hydrogens is 114 g/mol. The van der Waals surface area contributed by atoms with Crippen molar-refractivity contribution in [2.24, 2.45) is 0 Å². The van der Waals surface area contributed by atoms with Crippen LogP contribution in [-0.2, 0) is 0 Å². The quantitative estimate of drug-likeness (QED) is 0.579. The molecule has 0 saturated carbocycles. The SMILES string of the molecule is CCC(O)N(C)C(C)C. The number of nitrogens with zero attached hydrogens (tertiary/aromatic N) is 1. The van der Waals surface area contributed by atoms with E-state index in [4.69, 9.17) is 0 Å². The highest BCUT2D eigenvalue weighted by atomic mass is 16.3. The molecule has 1 unspecified atom stereocenters. The van der Waals surface area contributed by atoms with Gasteiger partial charge in [0.25, 0.3) is 0 Å². The molecule has 0 amide bonds. The Labute approximate surface area is 57.5 Å². The van der Waals surface area contributed by atoms with E-state index in [2.05, 4.69) is 13.8 Å². The Hall–Kier alpha value is -0.0800. The maximum Gasteiger partial charge on any atom is 0.107 e. The Bertz CT molecular complexity index is 73.3. The highest BCUT2D eigenvalue weighted by Gasteiger charge is 2.10. The molecule has 0 aromatic carbocycles. The summed E-state index contributed by atoms with van der Waals surface area (Å²) in [7, 11) is 1.93. The van der Waals surface area contributed by atoms with Gasteiger partial charge < -0.3 is 5.11 Å². The predicted octanol–water partition coefficient (Wildman–Crippen LogP) is 1.05. The van der Waals surface area contributed by atoms with Crippen molar-refractivity contribution in [2.45, 2.75) is 39.5 Å². The van der Waals surface area contributed by atoms with Gasteiger partial charge in [-0.1, -0.05) is 6.92 Å². The van der Waals surface area contributed by atoms with Crippen molar-refractivity contribution in [1.29, 1.82) is 0 Å². The molecule has 0 aliphatic carbocycles. The number of aliphatic hydroxyl groups is 1. The zero-order chi connectivity index (χ0) is 7.44. The average Bonchev–Trinajstić information content (AvgIpc) is 1.84. The van der Waals surface area contributed by atoms with Gasteiger partial charge in [-0.05, 0) is 27.3 Å². The molecule has 56 valence electrons. The van der Waals surface area contributed by atoms with E-state index in [1.165, 1.54) is 0 Å². The summed E-state index contributed by atoms with van der Waals surface area (Å²) in [6.45, 7) is 6.11. The molecule has 0 radical (unpaired) electrons. The summed E-state index contributed by atoms with van der Waals surface area (Å²) in [4.78, 5) is 1.94. The van der Waals surface area contributed by atoms with Crippen molar-refractivity contribution in [3.05, 3.63) is 0 Å². The van der Waals surface area contributed by atoms with Crippen molar-refractivity contribution < 1.29 is 5.11 Å². The summed E-state index contributed by atoms with van der Waals surface area (Å²) >= 11 is 0. The van der Waals surface area contributed by atoms with Gasteiger partial charge in [-0.2, -0.15) is 0 Å². The van der Waals surface area contributed by atoms with Crippen molar-refractivity contribution >= 4 is 0 Å². The molecule has 0 bridgehead atoms. The molecule has 0 saturated heterocycles. The molecule has 0 aromatic heterocycles. The summed E-state index contributed by atoms with van der Waals surface area (Å²) in [6.07, 6.45) is 0.527. The van der Waals surface area contributed by atoms with Crippen LogP contribution in [0.15, 0.2) is 0 Å². The summed E-state index contributed by atoms with van der Waals surface area (Å²) in [5, 5.41) is 9.22. The lowest BCUT2D eigenvalue weighted by Crippen LogP contribution is -2.36. The minimum absolute atomic E-state index is 0.273. The molecular formula is C7H17NO. The Balaban J connectivity index is 3.58. The topological polar surface area (TPSA) is 23.5 Å². The minimum Gasteiger partial charge on any atom is -0.378 e. The van der Waals surface area contributed by atoms with Crippen molar-refractivity contribution in [1.82, 2.24) is 4.90 Å². The molecule has 0 rings (SSSR count). The monoisotopic (exact) mass is 131 g/mol. The van der Waals surface area contributed by atoms with Gasteiger partial charge in [-0.25, -0.2) is 0 Å². The lowest BCUT2D eigenvalue weighted by Gasteiger charge is -2.25. The van der Waals surface area contributed by atoms with Crippen LogP contribution in [0.25, 0.3) is 0 Å². The van der Waals surface area contributed by atoms with Crippen LogP contribution in [0.1, 0.15) is 27.2 Å². The molecule has 1 atom stereocenters. The molecule has 0 aliphatic heterocycles. The number of aliphatic hydroxyl groups excluding tert-OH is 1. The van der Waals surface area contributed by atoms with Crippen molar-refractivity contribution in [3.8, 4) is 0 Å². The van der Waals surface area contributed by atoms with E-state index < -0.39 is 0 Å². The van der Waals surface area contributed by atoms with Gasteiger partial charge in [0, 0.05) is 6.04 Å². The first-order valence-electron chi connectivity index (χ1n) is 3.49. The van der Waals surface area contributed by atoms with Crippen LogP contribution < -0.4 is 0 Å². The van der Waals surface area contributed by atoms with Crippen molar-refractivity contribution in [3.63, 3.8) is 0 Å². The van der Waals surface area contributed by atoms with Crippen LogP contribution in [0.5, 0.6) is 0 Å². The Morgan fingerprint density at radius 1 is 1.44 bits per heavy atom. The van der Waals surface area contributed by atoms with Crippen LogP contribution in [0.3, 0.4) is 0 Å². The third-order valence-electron chi connectivity index (χ3n) is 1.65. The predicted molar refractivity (Wildman–Crippen MR) is 39.2 cm³/mol. The summed E-state index contributed by atoms with van der Waals surface area (Å²) in [6, 6.07) is 0.431. The summed E-state index contributed by atoms with van der Waals surface area (Å²) in [5.74, 6) is 0. The first kappa shape index (κ1) is 8.92. The largest absolute Gasteiger partial charge is 0.378 e. The van der Waals surface area contributed by atoms with Crippen LogP contribution >= 0.6 is 0 Å². The maximum absolute atomic E-state index is 9.22.